The van der Waals surface area contributed by atoms with Gasteiger partial charge in [0.1, 0.15) is 9.71 Å². The number of para-hydroxylation sites is 2. The number of carbonyl (C=O) groups excluding carboxylic acids is 2. The minimum Gasteiger partial charge on any atom is -0.448 e. The fourth-order valence-electron chi connectivity index (χ4n) is 2.93. The number of esters is 1. The molecule has 1 amide bonds. The SMILES string of the molecule is Cc1nn(-c2ccccc2)c2sc(C(=O)OC(C)C(=O)Nc3ccccc3)cc12. The molecule has 2 heterocycles. The summed E-state index contributed by atoms with van der Waals surface area (Å²) in [6.45, 7) is 3.46. The average Bonchev–Trinajstić information content (AvgIpc) is 3.30. The number of ether oxygens (including phenoxy) is 1. The summed E-state index contributed by atoms with van der Waals surface area (Å²) in [6.07, 6.45) is -0.917. The van der Waals surface area contributed by atoms with Crippen LogP contribution in [0.1, 0.15) is 22.3 Å². The molecule has 6 nitrogen and oxygen atoms in total. The summed E-state index contributed by atoms with van der Waals surface area (Å²) in [5, 5.41) is 8.20. The lowest BCUT2D eigenvalue weighted by atomic mass is 10.3. The maximum Gasteiger partial charge on any atom is 0.349 e. The van der Waals surface area contributed by atoms with Crippen LogP contribution in [0, 0.1) is 6.92 Å². The summed E-state index contributed by atoms with van der Waals surface area (Å²) < 4.78 is 7.20. The number of amides is 1. The molecule has 146 valence electrons. The quantitative estimate of drug-likeness (QED) is 0.493. The number of hydrogen-bond donors (Lipinski definition) is 1. The molecule has 29 heavy (non-hydrogen) atoms. The van der Waals surface area contributed by atoms with Gasteiger partial charge in [-0.05, 0) is 44.2 Å². The number of fused-ring (bicyclic) bond motifs is 1. The Kier molecular flexibility index (Phi) is 5.14. The van der Waals surface area contributed by atoms with Crippen molar-refractivity contribution in [2.24, 2.45) is 0 Å². The molecule has 4 aromatic rings. The summed E-state index contributed by atoms with van der Waals surface area (Å²) in [5.41, 5.74) is 2.40. The fraction of sp³-hybridized carbons (Fsp3) is 0.136. The third-order valence-electron chi connectivity index (χ3n) is 4.44. The van der Waals surface area contributed by atoms with Crippen molar-refractivity contribution in [1.29, 1.82) is 0 Å². The summed E-state index contributed by atoms with van der Waals surface area (Å²) in [5.74, 6) is -0.904. The first-order chi connectivity index (χ1) is 14.0. The van der Waals surface area contributed by atoms with E-state index < -0.39 is 12.1 Å². The van der Waals surface area contributed by atoms with E-state index in [9.17, 15) is 9.59 Å². The predicted molar refractivity (Wildman–Crippen MR) is 114 cm³/mol. The summed E-state index contributed by atoms with van der Waals surface area (Å²) >= 11 is 1.30. The van der Waals surface area contributed by atoms with Crippen molar-refractivity contribution in [3.8, 4) is 5.69 Å². The minimum absolute atomic E-state index is 0.377. The lowest BCUT2D eigenvalue weighted by Crippen LogP contribution is -2.29. The summed E-state index contributed by atoms with van der Waals surface area (Å²) in [6, 6.07) is 20.6. The van der Waals surface area contributed by atoms with Gasteiger partial charge in [-0.1, -0.05) is 36.4 Å². The maximum absolute atomic E-state index is 12.6. The Morgan fingerprint density at radius 1 is 1.07 bits per heavy atom. The molecule has 0 saturated carbocycles. The number of hydrogen-bond acceptors (Lipinski definition) is 5. The number of benzene rings is 2. The zero-order valence-electron chi connectivity index (χ0n) is 16.0. The Morgan fingerprint density at radius 3 is 2.41 bits per heavy atom. The predicted octanol–water partition coefficient (Wildman–Crippen LogP) is 4.58. The highest BCUT2D eigenvalue weighted by Crippen LogP contribution is 2.31. The van der Waals surface area contributed by atoms with Gasteiger partial charge in [0.15, 0.2) is 6.10 Å². The maximum atomic E-state index is 12.6. The van der Waals surface area contributed by atoms with Crippen molar-refractivity contribution in [1.82, 2.24) is 9.78 Å². The van der Waals surface area contributed by atoms with Gasteiger partial charge in [0, 0.05) is 11.1 Å². The molecule has 1 atom stereocenters. The second-order valence-electron chi connectivity index (χ2n) is 6.57. The molecule has 1 N–H and O–H groups in total. The van der Waals surface area contributed by atoms with Gasteiger partial charge in [-0.25, -0.2) is 9.48 Å². The first-order valence-electron chi connectivity index (χ1n) is 9.14. The van der Waals surface area contributed by atoms with Crippen LogP contribution >= 0.6 is 11.3 Å². The van der Waals surface area contributed by atoms with Gasteiger partial charge in [-0.15, -0.1) is 11.3 Å². The molecule has 0 aliphatic rings. The van der Waals surface area contributed by atoms with Crippen LogP contribution in [0.2, 0.25) is 0 Å². The number of thiophene rings is 1. The molecular formula is C22H19N3O3S. The van der Waals surface area contributed by atoms with Crippen molar-refractivity contribution in [3.63, 3.8) is 0 Å². The van der Waals surface area contributed by atoms with Gasteiger partial charge in [0.25, 0.3) is 5.91 Å². The summed E-state index contributed by atoms with van der Waals surface area (Å²) in [4.78, 5) is 26.2. The van der Waals surface area contributed by atoms with Crippen LogP contribution in [0.25, 0.3) is 15.9 Å². The zero-order valence-corrected chi connectivity index (χ0v) is 16.8. The molecule has 7 heteroatoms. The highest BCUT2D eigenvalue weighted by molar-refractivity contribution is 7.20. The van der Waals surface area contributed by atoms with Crippen LogP contribution in [-0.4, -0.2) is 27.8 Å². The number of aryl methyl sites for hydroxylation is 1. The van der Waals surface area contributed by atoms with Crippen LogP contribution in [-0.2, 0) is 9.53 Å². The van der Waals surface area contributed by atoms with Gasteiger partial charge in [0.05, 0.1) is 11.4 Å². The Balaban J connectivity index is 1.52. The van der Waals surface area contributed by atoms with Crippen LogP contribution in [0.4, 0.5) is 5.69 Å². The molecular weight excluding hydrogens is 386 g/mol. The van der Waals surface area contributed by atoms with Crippen LogP contribution in [0.5, 0.6) is 0 Å². The van der Waals surface area contributed by atoms with Gasteiger partial charge in [-0.2, -0.15) is 5.10 Å². The standard InChI is InChI=1S/C22H19N3O3S/c1-14-18-13-19(29-21(18)25(24-14)17-11-7-4-8-12-17)22(27)28-15(2)20(26)23-16-9-5-3-6-10-16/h3-13,15H,1-2H3,(H,23,26). The van der Waals surface area contributed by atoms with E-state index in [1.807, 2.05) is 60.1 Å². The van der Waals surface area contributed by atoms with Crippen molar-refractivity contribution >= 4 is 39.1 Å². The second-order valence-corrected chi connectivity index (χ2v) is 7.60. The average molecular weight is 405 g/mol. The van der Waals surface area contributed by atoms with E-state index >= 15 is 0 Å². The number of nitrogens with one attached hydrogen (secondary N) is 1. The molecule has 2 aromatic carbocycles. The topological polar surface area (TPSA) is 73.2 Å². The number of aromatic nitrogens is 2. The number of carbonyl (C=O) groups is 2. The van der Waals surface area contributed by atoms with Crippen LogP contribution in [0.3, 0.4) is 0 Å². The highest BCUT2D eigenvalue weighted by Gasteiger charge is 2.22. The largest absolute Gasteiger partial charge is 0.448 e. The van der Waals surface area contributed by atoms with Crippen molar-refractivity contribution in [2.45, 2.75) is 20.0 Å². The zero-order chi connectivity index (χ0) is 20.4. The molecule has 4 rings (SSSR count). The van der Waals surface area contributed by atoms with Gasteiger partial charge < -0.3 is 10.1 Å². The number of rotatable bonds is 5. The Bertz CT molecular complexity index is 1170. The van der Waals surface area contributed by atoms with Crippen molar-refractivity contribution < 1.29 is 14.3 Å². The molecule has 0 aliphatic carbocycles. The lowest BCUT2D eigenvalue weighted by molar-refractivity contribution is -0.123. The van der Waals surface area contributed by atoms with E-state index in [0.29, 0.717) is 10.6 Å². The fourth-order valence-corrected chi connectivity index (χ4v) is 4.00. The third kappa shape index (κ3) is 3.90. The van der Waals surface area contributed by atoms with E-state index in [2.05, 4.69) is 10.4 Å². The molecule has 1 unspecified atom stereocenters. The van der Waals surface area contributed by atoms with E-state index in [1.54, 1.807) is 25.1 Å². The van der Waals surface area contributed by atoms with E-state index in [4.69, 9.17) is 4.74 Å². The van der Waals surface area contributed by atoms with Gasteiger partial charge in [0.2, 0.25) is 0 Å². The molecule has 0 radical (unpaired) electrons. The van der Waals surface area contributed by atoms with E-state index in [-0.39, 0.29) is 5.91 Å². The molecule has 0 bridgehead atoms. The molecule has 0 fully saturated rings. The Labute approximate surface area is 171 Å². The lowest BCUT2D eigenvalue weighted by Gasteiger charge is -2.12. The van der Waals surface area contributed by atoms with Crippen LogP contribution < -0.4 is 5.32 Å². The van der Waals surface area contributed by atoms with E-state index in [0.717, 1.165) is 21.6 Å². The summed E-state index contributed by atoms with van der Waals surface area (Å²) in [7, 11) is 0. The Morgan fingerprint density at radius 2 is 1.72 bits per heavy atom. The van der Waals surface area contributed by atoms with E-state index in [1.165, 1.54) is 11.3 Å². The number of anilines is 1. The monoisotopic (exact) mass is 405 g/mol. The number of nitrogens with zero attached hydrogens (tertiary/aromatic N) is 2. The smallest absolute Gasteiger partial charge is 0.349 e. The molecule has 0 saturated heterocycles. The van der Waals surface area contributed by atoms with Gasteiger partial charge >= 0.3 is 5.97 Å². The third-order valence-corrected chi connectivity index (χ3v) is 5.53. The highest BCUT2D eigenvalue weighted by atomic mass is 32.1. The molecule has 0 spiro atoms. The Hall–Kier alpha value is -3.45. The van der Waals surface area contributed by atoms with Gasteiger partial charge in [-0.3, -0.25) is 4.79 Å². The normalized spacial score (nSPS) is 11.9. The van der Waals surface area contributed by atoms with Crippen molar-refractivity contribution in [3.05, 3.63) is 77.3 Å². The van der Waals surface area contributed by atoms with Crippen LogP contribution in [0.15, 0.2) is 66.7 Å². The second kappa shape index (κ2) is 7.89. The first kappa shape index (κ1) is 18.9. The van der Waals surface area contributed by atoms with Crippen molar-refractivity contribution in [2.75, 3.05) is 5.32 Å². The first-order valence-corrected chi connectivity index (χ1v) is 9.96. The molecule has 0 aliphatic heterocycles. The molecule has 2 aromatic heterocycles. The minimum atomic E-state index is -0.917.